The normalized spacial score (nSPS) is 25.6. The number of hydrogen-bond acceptors (Lipinski definition) is 3. The van der Waals surface area contributed by atoms with Crippen molar-refractivity contribution in [3.05, 3.63) is 29.6 Å². The molecule has 0 bridgehead atoms. The van der Waals surface area contributed by atoms with E-state index in [0.717, 1.165) is 12.8 Å². The maximum Gasteiger partial charge on any atom is 0.132 e. The highest BCUT2D eigenvalue weighted by atomic mass is 19.1. The second kappa shape index (κ2) is 5.70. The number of ether oxygens (including phenoxy) is 2. The van der Waals surface area contributed by atoms with Crippen molar-refractivity contribution in [3.63, 3.8) is 0 Å². The molecule has 3 nitrogen and oxygen atoms in total. The van der Waals surface area contributed by atoms with Crippen LogP contribution in [0.1, 0.15) is 43.8 Å². The zero-order valence-electron chi connectivity index (χ0n) is 12.0. The quantitative estimate of drug-likeness (QED) is 0.902. The van der Waals surface area contributed by atoms with E-state index in [9.17, 15) is 4.39 Å². The first kappa shape index (κ1) is 13.8. The molecule has 0 aromatic heterocycles. The van der Waals surface area contributed by atoms with Crippen molar-refractivity contribution >= 4 is 0 Å². The van der Waals surface area contributed by atoms with Crippen molar-refractivity contribution in [1.29, 1.82) is 0 Å². The molecule has 1 aromatic rings. The average Bonchev–Trinajstić information content (AvgIpc) is 2.49. The van der Waals surface area contributed by atoms with Crippen molar-refractivity contribution in [2.24, 2.45) is 0 Å². The monoisotopic (exact) mass is 279 g/mol. The number of benzene rings is 1. The second-order valence-electron chi connectivity index (χ2n) is 5.88. The first-order valence-electron chi connectivity index (χ1n) is 7.43. The van der Waals surface area contributed by atoms with Crippen LogP contribution < -0.4 is 10.1 Å². The Morgan fingerprint density at radius 3 is 2.75 bits per heavy atom. The van der Waals surface area contributed by atoms with Crippen LogP contribution >= 0.6 is 0 Å². The summed E-state index contributed by atoms with van der Waals surface area (Å²) in [5.41, 5.74) is 0.654. The van der Waals surface area contributed by atoms with E-state index in [1.807, 2.05) is 0 Å². The van der Waals surface area contributed by atoms with Crippen LogP contribution in [0.4, 0.5) is 4.39 Å². The maximum absolute atomic E-state index is 14.1. The lowest BCUT2D eigenvalue weighted by atomic mass is 9.81. The zero-order valence-corrected chi connectivity index (χ0v) is 12.0. The highest BCUT2D eigenvalue weighted by molar-refractivity contribution is 5.37. The summed E-state index contributed by atoms with van der Waals surface area (Å²) >= 11 is 0. The molecule has 1 saturated heterocycles. The van der Waals surface area contributed by atoms with Crippen molar-refractivity contribution in [1.82, 2.24) is 5.32 Å². The van der Waals surface area contributed by atoms with Crippen LogP contribution in [0, 0.1) is 5.82 Å². The SMILES string of the molecule is COc1cccc(F)c1C1CNC2(CCCCC2)CO1. The van der Waals surface area contributed by atoms with Crippen molar-refractivity contribution in [3.8, 4) is 5.75 Å². The van der Waals surface area contributed by atoms with Gasteiger partial charge in [-0.05, 0) is 25.0 Å². The Labute approximate surface area is 119 Å². The average molecular weight is 279 g/mol. The molecular formula is C16H22FNO2. The van der Waals surface area contributed by atoms with Crippen molar-refractivity contribution in [2.45, 2.75) is 43.7 Å². The molecule has 0 amide bonds. The number of nitrogens with one attached hydrogen (secondary N) is 1. The Hall–Kier alpha value is -1.13. The summed E-state index contributed by atoms with van der Waals surface area (Å²) in [6.07, 6.45) is 5.88. The summed E-state index contributed by atoms with van der Waals surface area (Å²) < 4.78 is 25.3. The fourth-order valence-corrected chi connectivity index (χ4v) is 3.42. The number of morpholine rings is 1. The number of hydrogen-bond donors (Lipinski definition) is 1. The van der Waals surface area contributed by atoms with E-state index in [1.165, 1.54) is 25.3 Å². The van der Waals surface area contributed by atoms with Gasteiger partial charge in [-0.1, -0.05) is 25.3 Å². The number of halogens is 1. The maximum atomic E-state index is 14.1. The molecule has 1 N–H and O–H groups in total. The van der Waals surface area contributed by atoms with E-state index < -0.39 is 0 Å². The molecule has 2 aliphatic rings. The molecule has 1 unspecified atom stereocenters. The summed E-state index contributed by atoms with van der Waals surface area (Å²) in [5, 5.41) is 3.61. The minimum Gasteiger partial charge on any atom is -0.496 e. The third kappa shape index (κ3) is 2.54. The predicted octanol–water partition coefficient (Wildman–Crippen LogP) is 3.20. The van der Waals surface area contributed by atoms with Gasteiger partial charge in [0, 0.05) is 12.1 Å². The molecule has 1 spiro atoms. The number of rotatable bonds is 2. The lowest BCUT2D eigenvalue weighted by Gasteiger charge is -2.44. The van der Waals surface area contributed by atoms with Gasteiger partial charge in [0.05, 0.1) is 19.3 Å². The van der Waals surface area contributed by atoms with Crippen LogP contribution in [0.3, 0.4) is 0 Å². The van der Waals surface area contributed by atoms with Gasteiger partial charge in [0.2, 0.25) is 0 Å². The van der Waals surface area contributed by atoms with Crippen LogP contribution in [0.15, 0.2) is 18.2 Å². The van der Waals surface area contributed by atoms with E-state index in [4.69, 9.17) is 9.47 Å². The fraction of sp³-hybridized carbons (Fsp3) is 0.625. The standard InChI is InChI=1S/C16H22FNO2/c1-19-13-7-5-6-12(17)15(13)14-10-18-16(11-20-14)8-3-2-4-9-16/h5-7,14,18H,2-4,8-11H2,1H3. The fourth-order valence-electron chi connectivity index (χ4n) is 3.42. The third-order valence-electron chi connectivity index (χ3n) is 4.59. The molecule has 110 valence electrons. The van der Waals surface area contributed by atoms with Gasteiger partial charge in [0.1, 0.15) is 17.7 Å². The summed E-state index contributed by atoms with van der Waals surface area (Å²) in [4.78, 5) is 0. The molecule has 1 aliphatic heterocycles. The highest BCUT2D eigenvalue weighted by Gasteiger charge is 2.38. The highest BCUT2D eigenvalue weighted by Crippen LogP contribution is 2.37. The predicted molar refractivity (Wildman–Crippen MR) is 75.5 cm³/mol. The third-order valence-corrected chi connectivity index (χ3v) is 4.59. The Morgan fingerprint density at radius 1 is 1.30 bits per heavy atom. The van der Waals surface area contributed by atoms with Gasteiger partial charge in [0.25, 0.3) is 0 Å². The molecule has 3 rings (SSSR count). The van der Waals surface area contributed by atoms with Gasteiger partial charge in [-0.2, -0.15) is 0 Å². The topological polar surface area (TPSA) is 30.5 Å². The Balaban J connectivity index is 1.75. The van der Waals surface area contributed by atoms with Gasteiger partial charge in [-0.25, -0.2) is 4.39 Å². The first-order valence-corrected chi connectivity index (χ1v) is 7.43. The van der Waals surface area contributed by atoms with Crippen LogP contribution in [-0.4, -0.2) is 25.8 Å². The minimum absolute atomic E-state index is 0.118. The molecule has 1 atom stereocenters. The molecule has 1 aliphatic carbocycles. The van der Waals surface area contributed by atoms with Crippen LogP contribution in [0.5, 0.6) is 5.75 Å². The van der Waals surface area contributed by atoms with Gasteiger partial charge < -0.3 is 14.8 Å². The summed E-state index contributed by atoms with van der Waals surface area (Å²) in [7, 11) is 1.57. The van der Waals surface area contributed by atoms with Gasteiger partial charge in [0.15, 0.2) is 0 Å². The minimum atomic E-state index is -0.265. The second-order valence-corrected chi connectivity index (χ2v) is 5.88. The summed E-state index contributed by atoms with van der Waals surface area (Å²) in [6, 6.07) is 4.91. The molecule has 20 heavy (non-hydrogen) atoms. The van der Waals surface area contributed by atoms with Crippen LogP contribution in [-0.2, 0) is 4.74 Å². The van der Waals surface area contributed by atoms with E-state index >= 15 is 0 Å². The Morgan fingerprint density at radius 2 is 2.10 bits per heavy atom. The summed E-state index contributed by atoms with van der Waals surface area (Å²) in [5.74, 6) is 0.312. The van der Waals surface area contributed by atoms with E-state index in [-0.39, 0.29) is 17.5 Å². The smallest absolute Gasteiger partial charge is 0.132 e. The Kier molecular flexibility index (Phi) is 3.94. The largest absolute Gasteiger partial charge is 0.496 e. The molecule has 1 heterocycles. The molecule has 4 heteroatoms. The molecule has 1 saturated carbocycles. The van der Waals surface area contributed by atoms with E-state index in [0.29, 0.717) is 24.5 Å². The first-order chi connectivity index (χ1) is 9.74. The molecule has 0 radical (unpaired) electrons. The zero-order chi connectivity index (χ0) is 14.0. The van der Waals surface area contributed by atoms with E-state index in [2.05, 4.69) is 5.32 Å². The molecule has 2 fully saturated rings. The molecule has 1 aromatic carbocycles. The van der Waals surface area contributed by atoms with Crippen molar-refractivity contribution < 1.29 is 13.9 Å². The van der Waals surface area contributed by atoms with Crippen LogP contribution in [0.25, 0.3) is 0 Å². The van der Waals surface area contributed by atoms with Gasteiger partial charge in [-0.15, -0.1) is 0 Å². The van der Waals surface area contributed by atoms with Crippen LogP contribution in [0.2, 0.25) is 0 Å². The van der Waals surface area contributed by atoms with Crippen molar-refractivity contribution in [2.75, 3.05) is 20.3 Å². The Bertz CT molecular complexity index is 462. The van der Waals surface area contributed by atoms with Gasteiger partial charge >= 0.3 is 0 Å². The lowest BCUT2D eigenvalue weighted by molar-refractivity contribution is -0.0487. The molecular weight excluding hydrogens is 257 g/mol. The summed E-state index contributed by atoms with van der Waals surface area (Å²) in [6.45, 7) is 1.31. The number of methoxy groups -OCH3 is 1. The van der Waals surface area contributed by atoms with Gasteiger partial charge in [-0.3, -0.25) is 0 Å². The lowest BCUT2D eigenvalue weighted by Crippen LogP contribution is -2.55. The van der Waals surface area contributed by atoms with E-state index in [1.54, 1.807) is 19.2 Å².